The molecule has 29 heavy (non-hydrogen) atoms. The Morgan fingerprint density at radius 2 is 1.97 bits per heavy atom. The zero-order valence-corrected chi connectivity index (χ0v) is 16.7. The van der Waals surface area contributed by atoms with Crippen molar-refractivity contribution in [1.82, 2.24) is 20.0 Å². The molecule has 0 aliphatic carbocycles. The molecule has 156 valence electrons. The summed E-state index contributed by atoms with van der Waals surface area (Å²) in [5.74, 6) is 0.668. The molecule has 0 saturated carbocycles. The van der Waals surface area contributed by atoms with Crippen LogP contribution in [0.3, 0.4) is 0 Å². The molecule has 2 heterocycles. The van der Waals surface area contributed by atoms with E-state index in [0.717, 1.165) is 22.8 Å². The Bertz CT molecular complexity index is 905. The smallest absolute Gasteiger partial charge is 0.367 e. The van der Waals surface area contributed by atoms with E-state index in [1.807, 2.05) is 41.2 Å². The van der Waals surface area contributed by atoms with Crippen LogP contribution in [0.25, 0.3) is 4.96 Å². The number of imidazole rings is 1. The molecule has 0 fully saturated rings. The molecule has 3 rings (SSSR count). The third-order valence-electron chi connectivity index (χ3n) is 3.90. The average Bonchev–Trinajstić information content (AvgIpc) is 3.26. The number of fused-ring (bicyclic) bond motifs is 1. The summed E-state index contributed by atoms with van der Waals surface area (Å²) in [5, 5.41) is 8.42. The summed E-state index contributed by atoms with van der Waals surface area (Å²) in [6, 6.07) is 7.17. The van der Waals surface area contributed by atoms with Gasteiger partial charge in [-0.1, -0.05) is 24.3 Å². The van der Waals surface area contributed by atoms with Crippen molar-refractivity contribution in [2.45, 2.75) is 32.8 Å². The number of nitrogens with zero attached hydrogens (tertiary/aromatic N) is 3. The van der Waals surface area contributed by atoms with Gasteiger partial charge in [-0.15, -0.1) is 11.3 Å². The number of aliphatic imine (C=N–C) groups is 1. The van der Waals surface area contributed by atoms with Crippen LogP contribution in [0.5, 0.6) is 0 Å². The monoisotopic (exact) mass is 425 g/mol. The second-order valence-electron chi connectivity index (χ2n) is 6.30. The number of guanidine groups is 1. The summed E-state index contributed by atoms with van der Waals surface area (Å²) < 4.78 is 43.0. The maximum Gasteiger partial charge on any atom is 0.411 e. The van der Waals surface area contributed by atoms with Crippen LogP contribution < -0.4 is 10.6 Å². The van der Waals surface area contributed by atoms with Crippen molar-refractivity contribution < 1.29 is 17.9 Å². The van der Waals surface area contributed by atoms with Gasteiger partial charge in [0.05, 0.1) is 25.4 Å². The number of nitrogens with one attached hydrogen (secondary N) is 2. The van der Waals surface area contributed by atoms with Crippen LogP contribution in [-0.2, 0) is 24.4 Å². The SMILES string of the molecule is CCNC(=NCc1ccc(COCC(F)(F)F)cc1)NCc1cn2ccsc2n1. The van der Waals surface area contributed by atoms with Gasteiger partial charge < -0.3 is 15.4 Å². The Morgan fingerprint density at radius 1 is 1.21 bits per heavy atom. The van der Waals surface area contributed by atoms with Crippen molar-refractivity contribution in [3.63, 3.8) is 0 Å². The minimum absolute atomic E-state index is 0.0740. The first-order valence-corrected chi connectivity index (χ1v) is 9.96. The van der Waals surface area contributed by atoms with E-state index in [-0.39, 0.29) is 6.61 Å². The summed E-state index contributed by atoms with van der Waals surface area (Å²) in [5.41, 5.74) is 2.56. The number of aromatic nitrogens is 2. The van der Waals surface area contributed by atoms with Crippen molar-refractivity contribution in [3.05, 3.63) is 58.9 Å². The Labute approximate surface area is 170 Å². The van der Waals surface area contributed by atoms with Crippen molar-refractivity contribution in [1.29, 1.82) is 0 Å². The molecule has 0 bridgehead atoms. The second-order valence-corrected chi connectivity index (χ2v) is 7.17. The zero-order chi connectivity index (χ0) is 20.7. The highest BCUT2D eigenvalue weighted by atomic mass is 32.1. The van der Waals surface area contributed by atoms with E-state index < -0.39 is 12.8 Å². The van der Waals surface area contributed by atoms with Crippen LogP contribution >= 0.6 is 11.3 Å². The molecule has 10 heteroatoms. The molecule has 3 aromatic rings. The number of rotatable bonds is 8. The standard InChI is InChI=1S/C19H22F3N5OS/c1-2-23-17(25-10-16-11-27-7-8-29-18(27)26-16)24-9-14-3-5-15(6-4-14)12-28-13-19(20,21)22/h3-8,11H,2,9-10,12-13H2,1H3,(H2,23,24,25). The molecule has 1 aromatic carbocycles. The molecule has 2 N–H and O–H groups in total. The van der Waals surface area contributed by atoms with E-state index in [1.165, 1.54) is 0 Å². The predicted molar refractivity (Wildman–Crippen MR) is 107 cm³/mol. The molecular formula is C19H22F3N5OS. The first-order chi connectivity index (χ1) is 13.9. The lowest BCUT2D eigenvalue weighted by molar-refractivity contribution is -0.176. The molecule has 0 amide bonds. The Morgan fingerprint density at radius 3 is 2.66 bits per heavy atom. The molecule has 0 saturated heterocycles. The maximum absolute atomic E-state index is 12.1. The molecule has 0 aliphatic heterocycles. The van der Waals surface area contributed by atoms with Crippen molar-refractivity contribution in [2.24, 2.45) is 4.99 Å². The lowest BCUT2D eigenvalue weighted by Crippen LogP contribution is -2.36. The van der Waals surface area contributed by atoms with E-state index in [9.17, 15) is 13.2 Å². The van der Waals surface area contributed by atoms with Gasteiger partial charge in [0.2, 0.25) is 0 Å². The van der Waals surface area contributed by atoms with Gasteiger partial charge in [-0.25, -0.2) is 9.98 Å². The predicted octanol–water partition coefficient (Wildman–Crippen LogP) is 3.73. The quantitative estimate of drug-likeness (QED) is 0.427. The van der Waals surface area contributed by atoms with E-state index >= 15 is 0 Å². The van der Waals surface area contributed by atoms with Gasteiger partial charge in [0.15, 0.2) is 10.9 Å². The van der Waals surface area contributed by atoms with E-state index in [0.29, 0.717) is 24.6 Å². The van der Waals surface area contributed by atoms with Crippen LogP contribution in [0.15, 0.2) is 47.0 Å². The van der Waals surface area contributed by atoms with Crippen LogP contribution in [-0.4, -0.2) is 34.7 Å². The van der Waals surface area contributed by atoms with E-state index in [2.05, 4.69) is 25.3 Å². The van der Waals surface area contributed by atoms with Crippen molar-refractivity contribution in [3.8, 4) is 0 Å². The third-order valence-corrected chi connectivity index (χ3v) is 4.67. The number of ether oxygens (including phenoxy) is 1. The van der Waals surface area contributed by atoms with Gasteiger partial charge >= 0.3 is 6.18 Å². The van der Waals surface area contributed by atoms with Crippen molar-refractivity contribution in [2.75, 3.05) is 13.2 Å². The number of hydrogen-bond donors (Lipinski definition) is 2. The van der Waals surface area contributed by atoms with Crippen LogP contribution in [0, 0.1) is 0 Å². The molecule has 2 aromatic heterocycles. The first-order valence-electron chi connectivity index (χ1n) is 9.08. The van der Waals surface area contributed by atoms with Crippen LogP contribution in [0.2, 0.25) is 0 Å². The lowest BCUT2D eigenvalue weighted by atomic mass is 10.1. The fraction of sp³-hybridized carbons (Fsp3) is 0.368. The zero-order valence-electron chi connectivity index (χ0n) is 15.9. The molecule has 0 unspecified atom stereocenters. The fourth-order valence-electron chi connectivity index (χ4n) is 2.57. The van der Waals surface area contributed by atoms with Crippen molar-refractivity contribution >= 4 is 22.3 Å². The fourth-order valence-corrected chi connectivity index (χ4v) is 3.29. The van der Waals surface area contributed by atoms with Crippen LogP contribution in [0.1, 0.15) is 23.7 Å². The summed E-state index contributed by atoms with van der Waals surface area (Å²) in [6.45, 7) is 2.38. The molecule has 0 aliphatic rings. The minimum atomic E-state index is -4.31. The highest BCUT2D eigenvalue weighted by molar-refractivity contribution is 7.15. The molecule has 0 spiro atoms. The second kappa shape index (κ2) is 9.75. The van der Waals surface area contributed by atoms with Crippen LogP contribution in [0.4, 0.5) is 13.2 Å². The number of alkyl halides is 3. The highest BCUT2D eigenvalue weighted by Gasteiger charge is 2.27. The van der Waals surface area contributed by atoms with E-state index in [1.54, 1.807) is 23.5 Å². The molecule has 0 radical (unpaired) electrons. The topological polar surface area (TPSA) is 63.0 Å². The average molecular weight is 425 g/mol. The summed E-state index contributed by atoms with van der Waals surface area (Å²) in [4.78, 5) is 10.0. The first kappa shape index (κ1) is 21.1. The number of hydrogen-bond acceptors (Lipinski definition) is 4. The third kappa shape index (κ3) is 6.75. The molecule has 0 atom stereocenters. The lowest BCUT2D eigenvalue weighted by Gasteiger charge is -2.10. The Kier molecular flexibility index (Phi) is 7.10. The normalized spacial score (nSPS) is 12.5. The van der Waals surface area contributed by atoms with Gasteiger partial charge in [0.1, 0.15) is 6.61 Å². The Balaban J connectivity index is 1.51. The summed E-state index contributed by atoms with van der Waals surface area (Å²) in [7, 11) is 0. The maximum atomic E-state index is 12.1. The number of benzene rings is 1. The van der Waals surface area contributed by atoms with Gasteiger partial charge in [-0.05, 0) is 18.1 Å². The van der Waals surface area contributed by atoms with E-state index in [4.69, 9.17) is 0 Å². The van der Waals surface area contributed by atoms with Gasteiger partial charge in [0.25, 0.3) is 0 Å². The van der Waals surface area contributed by atoms with Gasteiger partial charge in [-0.3, -0.25) is 4.40 Å². The summed E-state index contributed by atoms with van der Waals surface area (Å²) >= 11 is 1.58. The number of thiazole rings is 1. The van der Waals surface area contributed by atoms with Gasteiger partial charge in [0, 0.05) is 24.3 Å². The number of halogens is 3. The molecular weight excluding hydrogens is 403 g/mol. The highest BCUT2D eigenvalue weighted by Crippen LogP contribution is 2.16. The largest absolute Gasteiger partial charge is 0.411 e. The minimum Gasteiger partial charge on any atom is -0.367 e. The van der Waals surface area contributed by atoms with Gasteiger partial charge in [-0.2, -0.15) is 13.2 Å². The Hall–Kier alpha value is -2.59. The summed E-state index contributed by atoms with van der Waals surface area (Å²) in [6.07, 6.45) is -0.369. The molecule has 6 nitrogen and oxygen atoms in total.